The molecular weight excluding hydrogens is 421 g/mol. The van der Waals surface area contributed by atoms with Crippen LogP contribution in [0.4, 0.5) is 0 Å². The molecule has 6 heteroatoms. The van der Waals surface area contributed by atoms with Crippen molar-refractivity contribution in [2.45, 2.75) is 25.8 Å². The number of carbonyl (C=O) groups is 1. The molecule has 1 aliphatic carbocycles. The Bertz CT molecular complexity index is 1060. The van der Waals surface area contributed by atoms with Crippen molar-refractivity contribution in [1.29, 1.82) is 0 Å². The number of halogens is 2. The lowest BCUT2D eigenvalue weighted by atomic mass is 9.86. The van der Waals surface area contributed by atoms with Crippen molar-refractivity contribution in [2.75, 3.05) is 14.2 Å². The van der Waals surface area contributed by atoms with Crippen LogP contribution in [0.2, 0.25) is 10.0 Å². The minimum absolute atomic E-state index is 0.0104. The Morgan fingerprint density at radius 2 is 1.77 bits per heavy atom. The van der Waals surface area contributed by atoms with Crippen LogP contribution < -0.4 is 9.47 Å². The summed E-state index contributed by atoms with van der Waals surface area (Å²) in [6, 6.07) is 8.83. The summed E-state index contributed by atoms with van der Waals surface area (Å²) in [6.07, 6.45) is 7.43. The summed E-state index contributed by atoms with van der Waals surface area (Å²) in [7, 11) is 3.20. The van der Waals surface area contributed by atoms with Crippen molar-refractivity contribution >= 4 is 29.1 Å². The molecule has 2 atom stereocenters. The van der Waals surface area contributed by atoms with Gasteiger partial charge in [-0.2, -0.15) is 0 Å². The second kappa shape index (κ2) is 8.37. The number of hydrogen-bond donors (Lipinski definition) is 0. The first-order valence-corrected chi connectivity index (χ1v) is 10.6. The molecule has 1 aliphatic heterocycles. The van der Waals surface area contributed by atoms with Gasteiger partial charge in [0.15, 0.2) is 11.5 Å². The molecule has 0 spiro atoms. The zero-order chi connectivity index (χ0) is 21.4. The maximum Gasteiger partial charge on any atom is 0.232 e. The molecule has 2 aromatic rings. The highest BCUT2D eigenvalue weighted by atomic mass is 35.5. The smallest absolute Gasteiger partial charge is 0.232 e. The second-order valence-electron chi connectivity index (χ2n) is 7.62. The molecule has 1 heterocycles. The van der Waals surface area contributed by atoms with Gasteiger partial charge in [0.25, 0.3) is 0 Å². The van der Waals surface area contributed by atoms with Crippen LogP contribution in [-0.2, 0) is 11.2 Å². The first-order chi connectivity index (χ1) is 14.4. The maximum atomic E-state index is 13.4. The van der Waals surface area contributed by atoms with Gasteiger partial charge in [-0.3, -0.25) is 4.79 Å². The fourth-order valence-corrected chi connectivity index (χ4v) is 4.61. The Kier molecular flexibility index (Phi) is 5.81. The number of nitrogens with zero attached hydrogens (tertiary/aromatic N) is 1. The lowest BCUT2D eigenvalue weighted by molar-refractivity contribution is -0.130. The normalized spacial score (nSPS) is 20.6. The molecule has 1 amide bonds. The van der Waals surface area contributed by atoms with Gasteiger partial charge >= 0.3 is 0 Å². The Balaban J connectivity index is 1.93. The number of carbonyl (C=O) groups excluding carboxylic acids is 1. The van der Waals surface area contributed by atoms with E-state index >= 15 is 0 Å². The van der Waals surface area contributed by atoms with E-state index in [1.165, 1.54) is 0 Å². The largest absolute Gasteiger partial charge is 0.493 e. The maximum absolute atomic E-state index is 13.4. The van der Waals surface area contributed by atoms with E-state index in [1.807, 2.05) is 29.2 Å². The molecule has 0 saturated heterocycles. The number of methoxy groups -OCH3 is 2. The molecule has 2 aliphatic rings. The molecule has 30 heavy (non-hydrogen) atoms. The van der Waals surface area contributed by atoms with Gasteiger partial charge in [0.1, 0.15) is 0 Å². The Hall–Kier alpha value is -2.43. The van der Waals surface area contributed by atoms with Gasteiger partial charge in [-0.25, -0.2) is 0 Å². The molecule has 0 N–H and O–H groups in total. The number of allylic oxidation sites excluding steroid dienone is 3. The molecule has 0 radical (unpaired) electrons. The zero-order valence-electron chi connectivity index (χ0n) is 17.1. The summed E-state index contributed by atoms with van der Waals surface area (Å²) < 4.78 is 11.0. The van der Waals surface area contributed by atoms with E-state index in [0.717, 1.165) is 28.8 Å². The van der Waals surface area contributed by atoms with Crippen molar-refractivity contribution < 1.29 is 14.3 Å². The highest BCUT2D eigenvalue weighted by Gasteiger charge is 2.37. The fourth-order valence-electron chi connectivity index (χ4n) is 4.09. The molecule has 2 aromatic carbocycles. The van der Waals surface area contributed by atoms with Gasteiger partial charge in [-0.15, -0.1) is 0 Å². The first kappa shape index (κ1) is 20.8. The summed E-state index contributed by atoms with van der Waals surface area (Å²) in [5.74, 6) is 1.67. The Labute approximate surface area is 186 Å². The van der Waals surface area contributed by atoms with Crippen LogP contribution in [0.1, 0.15) is 36.1 Å². The van der Waals surface area contributed by atoms with Gasteiger partial charge in [-0.05, 0) is 59.4 Å². The minimum atomic E-state index is -0.393. The molecule has 4 nitrogen and oxygen atoms in total. The number of hydrogen-bond acceptors (Lipinski definition) is 3. The Morgan fingerprint density at radius 1 is 1.03 bits per heavy atom. The lowest BCUT2D eigenvalue weighted by Crippen LogP contribution is -2.40. The molecular formula is C24H23Cl2NO3. The van der Waals surface area contributed by atoms with Crippen LogP contribution in [0, 0.1) is 5.92 Å². The summed E-state index contributed by atoms with van der Waals surface area (Å²) in [6.45, 7) is 2.15. The van der Waals surface area contributed by atoms with Crippen LogP contribution in [0.3, 0.4) is 0 Å². The summed E-state index contributed by atoms with van der Waals surface area (Å²) in [4.78, 5) is 15.2. The van der Waals surface area contributed by atoms with Crippen LogP contribution >= 0.6 is 23.2 Å². The van der Waals surface area contributed by atoms with Crippen molar-refractivity contribution in [3.8, 4) is 11.5 Å². The quantitative estimate of drug-likeness (QED) is 0.584. The monoisotopic (exact) mass is 443 g/mol. The number of rotatable bonds is 4. The summed E-state index contributed by atoms with van der Waals surface area (Å²) >= 11 is 12.8. The third-order valence-corrected chi connectivity index (χ3v) is 6.20. The summed E-state index contributed by atoms with van der Waals surface area (Å²) in [5.41, 5.74) is 3.56. The average Bonchev–Trinajstić information content (AvgIpc) is 2.73. The van der Waals surface area contributed by atoms with E-state index < -0.39 is 6.04 Å². The number of benzene rings is 2. The molecule has 2 unspecified atom stereocenters. The van der Waals surface area contributed by atoms with Crippen LogP contribution in [0.15, 0.2) is 54.3 Å². The third kappa shape index (κ3) is 3.70. The second-order valence-corrected chi connectivity index (χ2v) is 8.46. The molecule has 0 saturated carbocycles. The van der Waals surface area contributed by atoms with Crippen molar-refractivity contribution in [2.24, 2.45) is 5.92 Å². The molecule has 156 valence electrons. The predicted molar refractivity (Wildman–Crippen MR) is 119 cm³/mol. The van der Waals surface area contributed by atoms with E-state index in [1.54, 1.807) is 26.4 Å². The fraction of sp³-hybridized carbons (Fsp3) is 0.292. The number of amides is 1. The van der Waals surface area contributed by atoms with E-state index in [2.05, 4.69) is 19.1 Å². The van der Waals surface area contributed by atoms with Gasteiger partial charge in [0, 0.05) is 15.7 Å². The van der Waals surface area contributed by atoms with Crippen molar-refractivity contribution in [1.82, 2.24) is 4.90 Å². The number of fused-ring (bicyclic) bond motifs is 1. The SMILES string of the molecule is COc1cc2c(cc1OC)C(c1ccc(Cl)cc1Cl)N(C1=CCC(C)C=C1)C(=O)C2. The van der Waals surface area contributed by atoms with Crippen LogP contribution in [0.5, 0.6) is 11.5 Å². The third-order valence-electron chi connectivity index (χ3n) is 5.64. The summed E-state index contributed by atoms with van der Waals surface area (Å²) in [5, 5.41) is 1.07. The van der Waals surface area contributed by atoms with Crippen LogP contribution in [-0.4, -0.2) is 25.0 Å². The van der Waals surface area contributed by atoms with E-state index in [9.17, 15) is 4.79 Å². The molecule has 0 aromatic heterocycles. The van der Waals surface area contributed by atoms with Crippen LogP contribution in [0.25, 0.3) is 0 Å². The highest BCUT2D eigenvalue weighted by molar-refractivity contribution is 6.35. The lowest BCUT2D eigenvalue weighted by Gasteiger charge is -2.39. The number of ether oxygens (including phenoxy) is 2. The Morgan fingerprint density at radius 3 is 2.40 bits per heavy atom. The van der Waals surface area contributed by atoms with Crippen molar-refractivity contribution in [3.05, 3.63) is 81.0 Å². The van der Waals surface area contributed by atoms with E-state index in [-0.39, 0.29) is 12.3 Å². The van der Waals surface area contributed by atoms with Crippen molar-refractivity contribution in [3.63, 3.8) is 0 Å². The van der Waals surface area contributed by atoms with Gasteiger partial charge in [0.05, 0.1) is 26.7 Å². The van der Waals surface area contributed by atoms with E-state index in [4.69, 9.17) is 32.7 Å². The average molecular weight is 444 g/mol. The highest BCUT2D eigenvalue weighted by Crippen LogP contribution is 2.45. The standard InChI is InChI=1S/C24H23Cl2NO3/c1-14-4-7-17(8-5-14)27-23(28)11-15-10-21(29-2)22(30-3)13-19(15)24(27)18-9-6-16(25)12-20(18)26/h4,6-10,12-14,24H,5,11H2,1-3H3. The first-order valence-electron chi connectivity index (χ1n) is 9.83. The zero-order valence-corrected chi connectivity index (χ0v) is 18.6. The predicted octanol–water partition coefficient (Wildman–Crippen LogP) is 5.96. The van der Waals surface area contributed by atoms with Gasteiger partial charge in [0.2, 0.25) is 5.91 Å². The van der Waals surface area contributed by atoms with Gasteiger partial charge < -0.3 is 14.4 Å². The topological polar surface area (TPSA) is 38.8 Å². The van der Waals surface area contributed by atoms with E-state index in [0.29, 0.717) is 27.5 Å². The molecule has 0 bridgehead atoms. The van der Waals surface area contributed by atoms with Gasteiger partial charge in [-0.1, -0.05) is 48.3 Å². The molecule has 0 fully saturated rings. The molecule has 4 rings (SSSR count). The minimum Gasteiger partial charge on any atom is -0.493 e.